The second-order valence-corrected chi connectivity index (χ2v) is 9.04. The molecule has 1 aliphatic heterocycles. The molecule has 3 aromatic rings. The fourth-order valence-electron chi connectivity index (χ4n) is 4.15. The molecule has 0 aliphatic carbocycles. The number of fused-ring (bicyclic) bond motifs is 1. The van der Waals surface area contributed by atoms with Crippen molar-refractivity contribution in [3.8, 4) is 11.5 Å². The first kappa shape index (κ1) is 21.6. The molecule has 8 heteroatoms. The fourth-order valence-corrected chi connectivity index (χ4v) is 5.13. The number of ether oxygens (including phenoxy) is 2. The average molecular weight is 443 g/mol. The van der Waals surface area contributed by atoms with Crippen molar-refractivity contribution in [1.82, 2.24) is 14.6 Å². The van der Waals surface area contributed by atoms with E-state index < -0.39 is 0 Å². The lowest BCUT2D eigenvalue weighted by Gasteiger charge is -2.31. The fraction of sp³-hybridized carbons (Fsp3) is 0.522. The van der Waals surface area contributed by atoms with E-state index in [0.717, 1.165) is 73.9 Å². The van der Waals surface area contributed by atoms with Crippen molar-refractivity contribution < 1.29 is 9.47 Å². The molecule has 0 spiro atoms. The van der Waals surface area contributed by atoms with Crippen LogP contribution in [0.5, 0.6) is 11.5 Å². The highest BCUT2D eigenvalue weighted by molar-refractivity contribution is 7.20. The minimum Gasteiger partial charge on any atom is -0.497 e. The normalized spacial score (nSPS) is 14.9. The van der Waals surface area contributed by atoms with E-state index in [-0.39, 0.29) is 5.56 Å². The lowest BCUT2D eigenvalue weighted by atomic mass is 9.90. The Kier molecular flexibility index (Phi) is 6.75. The summed E-state index contributed by atoms with van der Waals surface area (Å²) in [6.45, 7) is 4.02. The number of aromatic nitrogens is 3. The number of rotatable bonds is 8. The van der Waals surface area contributed by atoms with Gasteiger partial charge in [0.05, 0.1) is 14.2 Å². The second kappa shape index (κ2) is 9.68. The highest BCUT2D eigenvalue weighted by Crippen LogP contribution is 2.30. The Morgan fingerprint density at radius 1 is 1.06 bits per heavy atom. The second-order valence-electron chi connectivity index (χ2n) is 8.10. The van der Waals surface area contributed by atoms with E-state index >= 15 is 0 Å². The molecule has 0 amide bonds. The summed E-state index contributed by atoms with van der Waals surface area (Å²) < 4.78 is 12.2. The monoisotopic (exact) mass is 442 g/mol. The van der Waals surface area contributed by atoms with Gasteiger partial charge in [-0.25, -0.2) is 4.98 Å². The van der Waals surface area contributed by atoms with Crippen LogP contribution in [0.3, 0.4) is 0 Å². The van der Waals surface area contributed by atoms with Crippen LogP contribution in [-0.4, -0.2) is 41.9 Å². The molecule has 1 aromatic carbocycles. The van der Waals surface area contributed by atoms with Crippen LogP contribution >= 0.6 is 11.3 Å². The summed E-state index contributed by atoms with van der Waals surface area (Å²) in [7, 11) is 3.37. The summed E-state index contributed by atoms with van der Waals surface area (Å²) in [4.78, 5) is 20.0. The zero-order valence-electron chi connectivity index (χ0n) is 18.5. The van der Waals surface area contributed by atoms with Crippen LogP contribution in [0, 0.1) is 5.92 Å². The predicted molar refractivity (Wildman–Crippen MR) is 124 cm³/mol. The van der Waals surface area contributed by atoms with E-state index in [2.05, 4.69) is 34.0 Å². The third-order valence-electron chi connectivity index (χ3n) is 5.93. The Morgan fingerprint density at radius 2 is 1.77 bits per heavy atom. The average Bonchev–Trinajstić information content (AvgIpc) is 3.23. The van der Waals surface area contributed by atoms with E-state index in [1.165, 1.54) is 21.4 Å². The smallest absolute Gasteiger partial charge is 0.275 e. The van der Waals surface area contributed by atoms with Gasteiger partial charge >= 0.3 is 0 Å². The number of piperidine rings is 1. The summed E-state index contributed by atoms with van der Waals surface area (Å²) in [6.07, 6.45) is 6.21. The summed E-state index contributed by atoms with van der Waals surface area (Å²) >= 11 is 1.52. The van der Waals surface area contributed by atoms with Crippen LogP contribution in [0.25, 0.3) is 4.96 Å². The van der Waals surface area contributed by atoms with Crippen LogP contribution in [-0.2, 0) is 12.8 Å². The molecule has 0 unspecified atom stereocenters. The van der Waals surface area contributed by atoms with E-state index in [9.17, 15) is 4.79 Å². The lowest BCUT2D eigenvalue weighted by Crippen LogP contribution is -2.34. The SMILES string of the molecule is CCCc1cc(=O)n2nc(N3CCC(CCc4cc(OC)cc(OC)c4)CC3)sc2n1. The molecule has 31 heavy (non-hydrogen) atoms. The van der Waals surface area contributed by atoms with Gasteiger partial charge in [0.25, 0.3) is 5.56 Å². The van der Waals surface area contributed by atoms with Gasteiger partial charge in [-0.3, -0.25) is 4.79 Å². The van der Waals surface area contributed by atoms with Crippen molar-refractivity contribution in [2.24, 2.45) is 5.92 Å². The third-order valence-corrected chi connectivity index (χ3v) is 6.90. The minimum absolute atomic E-state index is 0.0837. The zero-order valence-corrected chi connectivity index (χ0v) is 19.3. The van der Waals surface area contributed by atoms with Gasteiger partial charge in [-0.05, 0) is 55.7 Å². The van der Waals surface area contributed by atoms with Gasteiger partial charge < -0.3 is 14.4 Å². The van der Waals surface area contributed by atoms with Crippen LogP contribution in [0.15, 0.2) is 29.1 Å². The van der Waals surface area contributed by atoms with Crippen LogP contribution < -0.4 is 19.9 Å². The molecule has 0 N–H and O–H groups in total. The molecule has 166 valence electrons. The molecule has 1 saturated heterocycles. The Labute approximate surface area is 186 Å². The van der Waals surface area contributed by atoms with Crippen LogP contribution in [0.2, 0.25) is 0 Å². The molecule has 1 aliphatic rings. The first-order valence-electron chi connectivity index (χ1n) is 11.0. The molecule has 2 aromatic heterocycles. The number of nitrogens with zero attached hydrogens (tertiary/aromatic N) is 4. The zero-order chi connectivity index (χ0) is 21.8. The molecule has 0 bridgehead atoms. The maximum atomic E-state index is 12.4. The minimum atomic E-state index is -0.0837. The quantitative estimate of drug-likeness (QED) is 0.526. The predicted octanol–water partition coefficient (Wildman–Crippen LogP) is 3.97. The highest BCUT2D eigenvalue weighted by Gasteiger charge is 2.22. The van der Waals surface area contributed by atoms with Crippen molar-refractivity contribution >= 4 is 21.4 Å². The topological polar surface area (TPSA) is 69.0 Å². The van der Waals surface area contributed by atoms with E-state index in [1.54, 1.807) is 20.3 Å². The summed E-state index contributed by atoms with van der Waals surface area (Å²) in [5.74, 6) is 2.36. The van der Waals surface area contributed by atoms with Crippen molar-refractivity contribution in [2.45, 2.75) is 45.4 Å². The van der Waals surface area contributed by atoms with Gasteiger partial charge in [0.2, 0.25) is 10.1 Å². The summed E-state index contributed by atoms with van der Waals surface area (Å²) in [5.41, 5.74) is 2.02. The molecule has 4 rings (SSSR count). The molecule has 7 nitrogen and oxygen atoms in total. The van der Waals surface area contributed by atoms with Crippen molar-refractivity contribution in [3.05, 3.63) is 45.9 Å². The number of hydrogen-bond acceptors (Lipinski definition) is 7. The Morgan fingerprint density at radius 3 is 2.42 bits per heavy atom. The Bertz CT molecular complexity index is 1060. The molecule has 0 radical (unpaired) electrons. The van der Waals surface area contributed by atoms with Crippen LogP contribution in [0.1, 0.15) is 43.9 Å². The van der Waals surface area contributed by atoms with Gasteiger partial charge in [-0.1, -0.05) is 24.7 Å². The first-order valence-corrected chi connectivity index (χ1v) is 11.8. The number of benzene rings is 1. The molecule has 3 heterocycles. The summed E-state index contributed by atoms with van der Waals surface area (Å²) in [5, 5.41) is 5.45. The number of anilines is 1. The summed E-state index contributed by atoms with van der Waals surface area (Å²) in [6, 6.07) is 7.71. The van der Waals surface area contributed by atoms with Crippen LogP contribution in [0.4, 0.5) is 5.13 Å². The van der Waals surface area contributed by atoms with Crippen molar-refractivity contribution in [1.29, 1.82) is 0 Å². The standard InChI is InChI=1S/C23H30N4O3S/c1-4-5-18-14-21(28)27-22(24-18)31-23(25-27)26-10-8-16(9-11-26)6-7-17-12-19(29-2)15-20(13-17)30-3/h12-16H,4-11H2,1-3H3. The number of hydrogen-bond donors (Lipinski definition) is 0. The van der Waals surface area contributed by atoms with Crippen molar-refractivity contribution in [3.63, 3.8) is 0 Å². The van der Waals surface area contributed by atoms with E-state index in [0.29, 0.717) is 10.9 Å². The molecule has 0 saturated carbocycles. The first-order chi connectivity index (χ1) is 15.1. The lowest BCUT2D eigenvalue weighted by molar-refractivity contribution is 0.377. The molecular weight excluding hydrogens is 412 g/mol. The number of aryl methyl sites for hydroxylation is 2. The van der Waals surface area contributed by atoms with Gasteiger partial charge in [0.15, 0.2) is 0 Å². The maximum Gasteiger partial charge on any atom is 0.275 e. The highest BCUT2D eigenvalue weighted by atomic mass is 32.1. The molecule has 1 fully saturated rings. The molecular formula is C23H30N4O3S. The Hall–Kier alpha value is -2.61. The van der Waals surface area contributed by atoms with Gasteiger partial charge in [-0.15, -0.1) is 5.10 Å². The van der Waals surface area contributed by atoms with Gasteiger partial charge in [0.1, 0.15) is 11.5 Å². The van der Waals surface area contributed by atoms with Crippen molar-refractivity contribution in [2.75, 3.05) is 32.2 Å². The maximum absolute atomic E-state index is 12.4. The molecule has 0 atom stereocenters. The number of methoxy groups -OCH3 is 2. The van der Waals surface area contributed by atoms with Gasteiger partial charge in [0, 0.05) is 30.9 Å². The van der Waals surface area contributed by atoms with E-state index in [1.807, 2.05) is 6.07 Å². The van der Waals surface area contributed by atoms with Gasteiger partial charge in [-0.2, -0.15) is 4.52 Å². The largest absolute Gasteiger partial charge is 0.497 e. The third kappa shape index (κ3) is 5.01. The van der Waals surface area contributed by atoms with E-state index in [4.69, 9.17) is 9.47 Å². The Balaban J connectivity index is 1.37.